The van der Waals surface area contributed by atoms with Crippen LogP contribution in [0.2, 0.25) is 0 Å². The molecule has 0 heterocycles. The molecule has 0 atom stereocenters. The van der Waals surface area contributed by atoms with Crippen molar-refractivity contribution < 1.29 is 0 Å². The predicted octanol–water partition coefficient (Wildman–Crippen LogP) is 3.37. The molecule has 0 unspecified atom stereocenters. The van der Waals surface area contributed by atoms with Crippen LogP contribution in [-0.4, -0.2) is 5.54 Å². The summed E-state index contributed by atoms with van der Waals surface area (Å²) < 4.78 is 0. The van der Waals surface area contributed by atoms with Crippen LogP contribution >= 0.6 is 0 Å². The molecule has 0 spiro atoms. The third-order valence-corrected chi connectivity index (χ3v) is 3.72. The van der Waals surface area contributed by atoms with E-state index in [1.807, 2.05) is 0 Å². The Morgan fingerprint density at radius 3 is 2.38 bits per heavy atom. The molecule has 0 aromatic rings. The predicted molar refractivity (Wildman–Crippen MR) is 56.6 cm³/mol. The fourth-order valence-corrected chi connectivity index (χ4v) is 2.54. The Morgan fingerprint density at radius 1 is 1.31 bits per heavy atom. The SMILES string of the molecule is CCC1(NC(C)=C2CC2)CCCC1. The van der Waals surface area contributed by atoms with E-state index >= 15 is 0 Å². The first-order valence-corrected chi connectivity index (χ1v) is 5.72. The van der Waals surface area contributed by atoms with E-state index in [-0.39, 0.29) is 0 Å². The molecular weight excluding hydrogens is 158 g/mol. The lowest BCUT2D eigenvalue weighted by Crippen LogP contribution is -2.40. The van der Waals surface area contributed by atoms with Crippen molar-refractivity contribution in [3.8, 4) is 0 Å². The van der Waals surface area contributed by atoms with Crippen LogP contribution in [0.25, 0.3) is 0 Å². The van der Waals surface area contributed by atoms with Gasteiger partial charge in [0, 0.05) is 11.2 Å². The normalized spacial score (nSPS) is 24.6. The number of nitrogens with one attached hydrogen (secondary N) is 1. The number of hydrogen-bond donors (Lipinski definition) is 1. The molecule has 13 heavy (non-hydrogen) atoms. The van der Waals surface area contributed by atoms with Gasteiger partial charge in [-0.05, 0) is 39.0 Å². The van der Waals surface area contributed by atoms with E-state index in [0.29, 0.717) is 5.54 Å². The van der Waals surface area contributed by atoms with Gasteiger partial charge in [0.2, 0.25) is 0 Å². The third kappa shape index (κ3) is 1.90. The summed E-state index contributed by atoms with van der Waals surface area (Å²) in [5.41, 5.74) is 3.63. The zero-order valence-corrected chi connectivity index (χ0v) is 8.95. The monoisotopic (exact) mass is 179 g/mol. The van der Waals surface area contributed by atoms with Crippen LogP contribution < -0.4 is 5.32 Å². The first kappa shape index (κ1) is 9.11. The van der Waals surface area contributed by atoms with E-state index in [1.165, 1.54) is 50.6 Å². The van der Waals surface area contributed by atoms with Crippen LogP contribution in [0.5, 0.6) is 0 Å². The molecule has 0 amide bonds. The molecule has 0 bridgehead atoms. The van der Waals surface area contributed by atoms with Crippen LogP contribution in [0.4, 0.5) is 0 Å². The van der Waals surface area contributed by atoms with E-state index in [9.17, 15) is 0 Å². The largest absolute Gasteiger partial charge is 0.383 e. The molecule has 1 heteroatoms. The zero-order chi connectivity index (χ0) is 9.31. The molecule has 1 nitrogen and oxygen atoms in total. The van der Waals surface area contributed by atoms with Crippen LogP contribution in [-0.2, 0) is 0 Å². The Balaban J connectivity index is 2.01. The second-order valence-corrected chi connectivity index (χ2v) is 4.69. The highest BCUT2D eigenvalue weighted by Gasteiger charge is 2.32. The molecule has 2 rings (SSSR count). The van der Waals surface area contributed by atoms with Gasteiger partial charge in [-0.3, -0.25) is 0 Å². The van der Waals surface area contributed by atoms with Gasteiger partial charge < -0.3 is 5.32 Å². The fourth-order valence-electron chi connectivity index (χ4n) is 2.54. The standard InChI is InChI=1S/C12H21N/c1-3-12(8-4-5-9-12)13-10(2)11-6-7-11/h13H,3-9H2,1-2H3. The van der Waals surface area contributed by atoms with Crippen LogP contribution in [0, 0.1) is 0 Å². The molecule has 2 aliphatic carbocycles. The van der Waals surface area contributed by atoms with Gasteiger partial charge in [-0.1, -0.05) is 25.3 Å². The maximum absolute atomic E-state index is 3.78. The molecule has 0 saturated heterocycles. The van der Waals surface area contributed by atoms with Crippen LogP contribution in [0.3, 0.4) is 0 Å². The average Bonchev–Trinajstić information content (AvgIpc) is 2.89. The minimum absolute atomic E-state index is 0.472. The Labute approximate surface area is 81.6 Å². The van der Waals surface area contributed by atoms with Gasteiger partial charge in [-0.15, -0.1) is 0 Å². The highest BCUT2D eigenvalue weighted by Crippen LogP contribution is 2.36. The molecule has 1 N–H and O–H groups in total. The molecule has 0 aromatic heterocycles. The third-order valence-electron chi connectivity index (χ3n) is 3.72. The minimum Gasteiger partial charge on any atom is -0.383 e. The first-order valence-electron chi connectivity index (χ1n) is 5.72. The van der Waals surface area contributed by atoms with Crippen molar-refractivity contribution >= 4 is 0 Å². The highest BCUT2D eigenvalue weighted by molar-refractivity contribution is 5.24. The molecule has 0 aromatic carbocycles. The van der Waals surface area contributed by atoms with Crippen molar-refractivity contribution in [3.63, 3.8) is 0 Å². The lowest BCUT2D eigenvalue weighted by atomic mass is 9.94. The van der Waals surface area contributed by atoms with E-state index in [0.717, 1.165) is 0 Å². The van der Waals surface area contributed by atoms with Gasteiger partial charge >= 0.3 is 0 Å². The lowest BCUT2D eigenvalue weighted by molar-refractivity contribution is 0.350. The molecule has 74 valence electrons. The average molecular weight is 179 g/mol. The van der Waals surface area contributed by atoms with Gasteiger partial charge in [0.25, 0.3) is 0 Å². The second-order valence-electron chi connectivity index (χ2n) is 4.69. The first-order chi connectivity index (χ1) is 6.26. The quantitative estimate of drug-likeness (QED) is 0.700. The molecular formula is C12H21N. The maximum Gasteiger partial charge on any atom is 0.0368 e. The summed E-state index contributed by atoms with van der Waals surface area (Å²) in [4.78, 5) is 0. The van der Waals surface area contributed by atoms with Gasteiger partial charge in [-0.2, -0.15) is 0 Å². The highest BCUT2D eigenvalue weighted by atomic mass is 15.0. The molecule has 2 fully saturated rings. The zero-order valence-electron chi connectivity index (χ0n) is 8.95. The molecule has 2 aliphatic rings. The summed E-state index contributed by atoms with van der Waals surface area (Å²) in [5.74, 6) is 0. The lowest BCUT2D eigenvalue weighted by Gasteiger charge is -2.30. The topological polar surface area (TPSA) is 12.0 Å². The van der Waals surface area contributed by atoms with E-state index < -0.39 is 0 Å². The van der Waals surface area contributed by atoms with Crippen molar-refractivity contribution in [2.24, 2.45) is 0 Å². The molecule has 2 saturated carbocycles. The van der Waals surface area contributed by atoms with Crippen molar-refractivity contribution in [1.82, 2.24) is 5.32 Å². The summed E-state index contributed by atoms with van der Waals surface area (Å²) >= 11 is 0. The maximum atomic E-state index is 3.78. The number of allylic oxidation sites excluding steroid dienone is 2. The van der Waals surface area contributed by atoms with E-state index in [4.69, 9.17) is 0 Å². The fraction of sp³-hybridized carbons (Fsp3) is 0.833. The Bertz CT molecular complexity index is 215. The minimum atomic E-state index is 0.472. The van der Waals surface area contributed by atoms with Crippen molar-refractivity contribution in [2.75, 3.05) is 0 Å². The summed E-state index contributed by atoms with van der Waals surface area (Å²) in [5, 5.41) is 3.78. The van der Waals surface area contributed by atoms with Crippen molar-refractivity contribution in [1.29, 1.82) is 0 Å². The Kier molecular flexibility index (Phi) is 2.35. The Hall–Kier alpha value is -0.460. The summed E-state index contributed by atoms with van der Waals surface area (Å²) in [6.07, 6.45) is 9.59. The van der Waals surface area contributed by atoms with E-state index in [2.05, 4.69) is 19.2 Å². The van der Waals surface area contributed by atoms with Gasteiger partial charge in [0.15, 0.2) is 0 Å². The smallest absolute Gasteiger partial charge is 0.0368 e. The summed E-state index contributed by atoms with van der Waals surface area (Å²) in [6, 6.07) is 0. The van der Waals surface area contributed by atoms with Crippen molar-refractivity contribution in [3.05, 3.63) is 11.3 Å². The van der Waals surface area contributed by atoms with E-state index in [1.54, 1.807) is 5.57 Å². The number of hydrogen-bond acceptors (Lipinski definition) is 1. The van der Waals surface area contributed by atoms with Gasteiger partial charge in [0.05, 0.1) is 0 Å². The van der Waals surface area contributed by atoms with Crippen molar-refractivity contribution in [2.45, 2.75) is 64.3 Å². The summed E-state index contributed by atoms with van der Waals surface area (Å²) in [6.45, 7) is 4.58. The molecule has 0 radical (unpaired) electrons. The van der Waals surface area contributed by atoms with Gasteiger partial charge in [-0.25, -0.2) is 0 Å². The number of rotatable bonds is 3. The second kappa shape index (κ2) is 3.36. The Morgan fingerprint density at radius 2 is 1.92 bits per heavy atom. The van der Waals surface area contributed by atoms with Crippen LogP contribution in [0.15, 0.2) is 11.3 Å². The van der Waals surface area contributed by atoms with Gasteiger partial charge in [0.1, 0.15) is 0 Å². The molecule has 0 aliphatic heterocycles. The summed E-state index contributed by atoms with van der Waals surface area (Å²) in [7, 11) is 0. The van der Waals surface area contributed by atoms with Crippen LogP contribution in [0.1, 0.15) is 58.8 Å².